The van der Waals surface area contributed by atoms with Gasteiger partial charge in [-0.2, -0.15) is 0 Å². The Bertz CT molecular complexity index is 478. The number of nitrogens with two attached hydrogens (primary N) is 1. The highest BCUT2D eigenvalue weighted by Crippen LogP contribution is 2.11. The zero-order valence-corrected chi connectivity index (χ0v) is 9.74. The van der Waals surface area contributed by atoms with Gasteiger partial charge >= 0.3 is 0 Å². The van der Waals surface area contributed by atoms with Crippen LogP contribution >= 0.6 is 0 Å². The molecular formula is C12H16N4O. The van der Waals surface area contributed by atoms with E-state index in [4.69, 9.17) is 10.8 Å². The van der Waals surface area contributed by atoms with Crippen LogP contribution in [0.25, 0.3) is 0 Å². The predicted molar refractivity (Wildman–Crippen MR) is 64.3 cm³/mol. The highest BCUT2D eigenvalue weighted by atomic mass is 16.3. The van der Waals surface area contributed by atoms with Crippen LogP contribution in [-0.2, 0) is 6.54 Å². The Hall–Kier alpha value is -1.72. The smallest absolute Gasteiger partial charge is 0.0951 e. The molecule has 0 saturated heterocycles. The third-order valence-electron chi connectivity index (χ3n) is 2.65. The summed E-state index contributed by atoms with van der Waals surface area (Å²) in [6, 6.07) is 3.60. The number of rotatable bonds is 4. The maximum atomic E-state index is 9.06. The van der Waals surface area contributed by atoms with Crippen LogP contribution in [0.4, 0.5) is 0 Å². The predicted octanol–water partition coefficient (Wildman–Crippen LogP) is 0.627. The summed E-state index contributed by atoms with van der Waals surface area (Å²) in [4.78, 5) is 8.30. The molecule has 2 aromatic rings. The Labute approximate surface area is 99.9 Å². The van der Waals surface area contributed by atoms with E-state index in [2.05, 4.69) is 9.97 Å². The quantitative estimate of drug-likeness (QED) is 0.810. The van der Waals surface area contributed by atoms with Crippen molar-refractivity contribution < 1.29 is 5.11 Å². The zero-order valence-electron chi connectivity index (χ0n) is 9.74. The van der Waals surface area contributed by atoms with E-state index in [1.165, 1.54) is 0 Å². The van der Waals surface area contributed by atoms with E-state index in [1.54, 1.807) is 12.5 Å². The first kappa shape index (κ1) is 11.8. The fourth-order valence-electron chi connectivity index (χ4n) is 1.65. The van der Waals surface area contributed by atoms with Crippen molar-refractivity contribution in [2.45, 2.75) is 19.5 Å². The summed E-state index contributed by atoms with van der Waals surface area (Å²) >= 11 is 0. The standard InChI is InChI=1S/C12H16N4O/c1-9-2-3-10(4-15-9)6-16-8-14-5-12(16)11(13)7-17/h2-5,8,11,17H,6-7,13H2,1H3. The summed E-state index contributed by atoms with van der Waals surface area (Å²) in [7, 11) is 0. The van der Waals surface area contributed by atoms with Crippen LogP contribution in [0.3, 0.4) is 0 Å². The van der Waals surface area contributed by atoms with Gasteiger partial charge in [-0.05, 0) is 18.6 Å². The van der Waals surface area contributed by atoms with Crippen LogP contribution in [0, 0.1) is 6.92 Å². The molecule has 0 aliphatic heterocycles. The van der Waals surface area contributed by atoms with E-state index in [0.29, 0.717) is 6.54 Å². The number of aromatic nitrogens is 3. The van der Waals surface area contributed by atoms with Gasteiger partial charge in [0.2, 0.25) is 0 Å². The molecule has 0 bridgehead atoms. The van der Waals surface area contributed by atoms with E-state index in [1.807, 2.05) is 29.8 Å². The molecule has 1 atom stereocenters. The Morgan fingerprint density at radius 3 is 2.88 bits per heavy atom. The second kappa shape index (κ2) is 5.07. The summed E-state index contributed by atoms with van der Waals surface area (Å²) in [6.45, 7) is 2.53. The number of imidazole rings is 1. The lowest BCUT2D eigenvalue weighted by molar-refractivity contribution is 0.263. The number of hydrogen-bond donors (Lipinski definition) is 2. The number of aliphatic hydroxyl groups excluding tert-OH is 1. The normalized spacial score (nSPS) is 12.6. The van der Waals surface area contributed by atoms with Gasteiger partial charge in [-0.1, -0.05) is 6.07 Å². The molecule has 0 amide bonds. The number of hydrogen-bond acceptors (Lipinski definition) is 4. The van der Waals surface area contributed by atoms with Crippen molar-refractivity contribution in [3.05, 3.63) is 47.8 Å². The number of pyridine rings is 1. The Balaban J connectivity index is 2.18. The number of nitrogens with zero attached hydrogens (tertiary/aromatic N) is 3. The highest BCUT2D eigenvalue weighted by Gasteiger charge is 2.10. The maximum Gasteiger partial charge on any atom is 0.0951 e. The fourth-order valence-corrected chi connectivity index (χ4v) is 1.65. The summed E-state index contributed by atoms with van der Waals surface area (Å²) in [6.07, 6.45) is 5.23. The zero-order chi connectivity index (χ0) is 12.3. The Morgan fingerprint density at radius 2 is 2.24 bits per heavy atom. The summed E-state index contributed by atoms with van der Waals surface area (Å²) in [5, 5.41) is 9.06. The lowest BCUT2D eigenvalue weighted by Gasteiger charge is -2.12. The second-order valence-electron chi connectivity index (χ2n) is 4.04. The third-order valence-corrected chi connectivity index (χ3v) is 2.65. The minimum Gasteiger partial charge on any atom is -0.394 e. The molecule has 0 radical (unpaired) electrons. The van der Waals surface area contributed by atoms with Crippen LogP contribution in [0.5, 0.6) is 0 Å². The molecule has 0 fully saturated rings. The monoisotopic (exact) mass is 232 g/mol. The number of aryl methyl sites for hydroxylation is 1. The molecule has 1 unspecified atom stereocenters. The van der Waals surface area contributed by atoms with Crippen LogP contribution in [0.1, 0.15) is 23.0 Å². The molecule has 0 aliphatic rings. The molecule has 5 nitrogen and oxygen atoms in total. The van der Waals surface area contributed by atoms with E-state index < -0.39 is 6.04 Å². The number of aliphatic hydroxyl groups is 1. The lowest BCUT2D eigenvalue weighted by atomic mass is 10.2. The summed E-state index contributed by atoms with van der Waals surface area (Å²) in [5.41, 5.74) is 8.69. The molecule has 90 valence electrons. The van der Waals surface area contributed by atoms with Gasteiger partial charge in [0.25, 0.3) is 0 Å². The summed E-state index contributed by atoms with van der Waals surface area (Å²) < 4.78 is 1.92. The van der Waals surface area contributed by atoms with Gasteiger partial charge in [-0.25, -0.2) is 4.98 Å². The Kier molecular flexibility index (Phi) is 3.51. The summed E-state index contributed by atoms with van der Waals surface area (Å²) in [5.74, 6) is 0. The van der Waals surface area contributed by atoms with Crippen molar-refractivity contribution in [2.75, 3.05) is 6.61 Å². The lowest BCUT2D eigenvalue weighted by Crippen LogP contribution is -2.19. The van der Waals surface area contributed by atoms with Crippen molar-refractivity contribution >= 4 is 0 Å². The largest absolute Gasteiger partial charge is 0.394 e. The van der Waals surface area contributed by atoms with Crippen molar-refractivity contribution in [1.29, 1.82) is 0 Å². The SMILES string of the molecule is Cc1ccc(Cn2cncc2C(N)CO)cn1. The van der Waals surface area contributed by atoms with E-state index in [0.717, 1.165) is 17.0 Å². The Morgan fingerprint density at radius 1 is 1.41 bits per heavy atom. The van der Waals surface area contributed by atoms with E-state index in [9.17, 15) is 0 Å². The molecule has 0 spiro atoms. The average molecular weight is 232 g/mol. The molecule has 0 aliphatic carbocycles. The van der Waals surface area contributed by atoms with Gasteiger partial charge < -0.3 is 15.4 Å². The van der Waals surface area contributed by atoms with Crippen LogP contribution in [-0.4, -0.2) is 26.2 Å². The molecule has 17 heavy (non-hydrogen) atoms. The minimum absolute atomic E-state index is 0.0855. The maximum absolute atomic E-state index is 9.06. The van der Waals surface area contributed by atoms with Gasteiger partial charge in [-0.3, -0.25) is 4.98 Å². The molecule has 2 heterocycles. The first-order valence-corrected chi connectivity index (χ1v) is 5.48. The molecule has 0 saturated carbocycles. The van der Waals surface area contributed by atoms with Crippen LogP contribution < -0.4 is 5.73 Å². The third kappa shape index (κ3) is 2.69. The molecule has 2 aromatic heterocycles. The van der Waals surface area contributed by atoms with Gasteiger partial charge in [0, 0.05) is 18.1 Å². The van der Waals surface area contributed by atoms with Crippen LogP contribution in [0.15, 0.2) is 30.9 Å². The van der Waals surface area contributed by atoms with Gasteiger partial charge in [0.1, 0.15) is 0 Å². The van der Waals surface area contributed by atoms with Crippen molar-refractivity contribution in [3.63, 3.8) is 0 Å². The molecule has 5 heteroatoms. The van der Waals surface area contributed by atoms with Crippen LogP contribution in [0.2, 0.25) is 0 Å². The fraction of sp³-hybridized carbons (Fsp3) is 0.333. The second-order valence-corrected chi connectivity index (χ2v) is 4.04. The first-order valence-electron chi connectivity index (χ1n) is 5.48. The molecule has 3 N–H and O–H groups in total. The van der Waals surface area contributed by atoms with Crippen molar-refractivity contribution in [2.24, 2.45) is 5.73 Å². The molecule has 0 aromatic carbocycles. The van der Waals surface area contributed by atoms with Gasteiger partial charge in [0.05, 0.1) is 31.2 Å². The first-order chi connectivity index (χ1) is 8.20. The molecular weight excluding hydrogens is 216 g/mol. The average Bonchev–Trinajstić information content (AvgIpc) is 2.79. The van der Waals surface area contributed by atoms with Crippen molar-refractivity contribution in [1.82, 2.24) is 14.5 Å². The minimum atomic E-state index is -0.393. The van der Waals surface area contributed by atoms with E-state index in [-0.39, 0.29) is 6.61 Å². The highest BCUT2D eigenvalue weighted by molar-refractivity contribution is 5.15. The van der Waals surface area contributed by atoms with E-state index >= 15 is 0 Å². The van der Waals surface area contributed by atoms with Gasteiger partial charge in [0.15, 0.2) is 0 Å². The van der Waals surface area contributed by atoms with Crippen molar-refractivity contribution in [3.8, 4) is 0 Å². The topological polar surface area (TPSA) is 77.0 Å². The molecule has 2 rings (SSSR count). The van der Waals surface area contributed by atoms with Gasteiger partial charge in [-0.15, -0.1) is 0 Å².